The van der Waals surface area contributed by atoms with Gasteiger partial charge < -0.3 is 5.73 Å². The molecular formula is C11H11Cl3N2. The van der Waals surface area contributed by atoms with Gasteiger partial charge in [-0.2, -0.15) is 0 Å². The van der Waals surface area contributed by atoms with Gasteiger partial charge in [-0.3, -0.25) is 4.99 Å². The van der Waals surface area contributed by atoms with Crippen LogP contribution in [-0.4, -0.2) is 16.2 Å². The second kappa shape index (κ2) is 6.14. The van der Waals surface area contributed by atoms with Gasteiger partial charge in [0.25, 0.3) is 0 Å². The average Bonchev–Trinajstić information content (AvgIpc) is 2.24. The van der Waals surface area contributed by atoms with Crippen LogP contribution in [0.2, 0.25) is 0 Å². The molecule has 0 unspecified atom stereocenters. The number of nitrogens with zero attached hydrogens (tertiary/aromatic N) is 1. The molecule has 1 rings (SSSR count). The summed E-state index contributed by atoms with van der Waals surface area (Å²) in [6.07, 6.45) is 3.77. The number of amidine groups is 1. The first-order valence-corrected chi connectivity index (χ1v) is 5.72. The number of alkyl halides is 3. The highest BCUT2D eigenvalue weighted by molar-refractivity contribution is 6.76. The van der Waals surface area contributed by atoms with Crippen molar-refractivity contribution < 1.29 is 0 Å². The van der Waals surface area contributed by atoms with Gasteiger partial charge in [0.2, 0.25) is 3.79 Å². The molecule has 0 bridgehead atoms. The van der Waals surface area contributed by atoms with Crippen molar-refractivity contribution >= 4 is 46.7 Å². The van der Waals surface area contributed by atoms with Crippen LogP contribution in [0.4, 0.5) is 0 Å². The molecule has 0 amide bonds. The number of hydrogen-bond donors (Lipinski definition) is 1. The summed E-state index contributed by atoms with van der Waals surface area (Å²) in [5.74, 6) is -0.00443. The molecule has 0 saturated heterocycles. The highest BCUT2D eigenvalue weighted by Gasteiger charge is 2.24. The summed E-state index contributed by atoms with van der Waals surface area (Å²) < 4.78 is -1.62. The Morgan fingerprint density at radius 2 is 1.88 bits per heavy atom. The van der Waals surface area contributed by atoms with Gasteiger partial charge in [0.15, 0.2) is 0 Å². The Balaban J connectivity index is 2.51. The van der Waals surface area contributed by atoms with Crippen molar-refractivity contribution in [1.29, 1.82) is 0 Å². The molecule has 0 atom stereocenters. The first-order chi connectivity index (χ1) is 7.50. The molecule has 0 aromatic heterocycles. The zero-order chi connectivity index (χ0) is 12.0. The van der Waals surface area contributed by atoms with E-state index in [1.165, 1.54) is 0 Å². The normalized spacial score (nSPS) is 13.3. The third-order valence-corrected chi connectivity index (χ3v) is 2.35. The molecule has 0 saturated carbocycles. The zero-order valence-corrected chi connectivity index (χ0v) is 10.7. The van der Waals surface area contributed by atoms with E-state index in [9.17, 15) is 0 Å². The molecule has 0 aliphatic carbocycles. The molecule has 1 aromatic carbocycles. The zero-order valence-electron chi connectivity index (χ0n) is 8.41. The Morgan fingerprint density at radius 3 is 2.44 bits per heavy atom. The van der Waals surface area contributed by atoms with Gasteiger partial charge >= 0.3 is 0 Å². The monoisotopic (exact) mass is 276 g/mol. The van der Waals surface area contributed by atoms with Crippen molar-refractivity contribution in [3.05, 3.63) is 42.0 Å². The smallest absolute Gasteiger partial charge is 0.247 e. The molecule has 1 aromatic rings. The van der Waals surface area contributed by atoms with Crippen LogP contribution in [0, 0.1) is 0 Å². The van der Waals surface area contributed by atoms with Crippen LogP contribution in [0.15, 0.2) is 41.4 Å². The van der Waals surface area contributed by atoms with Crippen molar-refractivity contribution in [3.8, 4) is 0 Å². The predicted octanol–water partition coefficient (Wildman–Crippen LogP) is 3.43. The van der Waals surface area contributed by atoms with Crippen LogP contribution in [0.3, 0.4) is 0 Å². The van der Waals surface area contributed by atoms with E-state index in [1.54, 1.807) is 0 Å². The fraction of sp³-hybridized carbons (Fsp3) is 0.182. The number of rotatable bonds is 3. The summed E-state index contributed by atoms with van der Waals surface area (Å²) in [6.45, 7) is 0.384. The highest BCUT2D eigenvalue weighted by atomic mass is 35.6. The number of aliphatic imine (C=N–C) groups is 1. The van der Waals surface area contributed by atoms with Gasteiger partial charge in [0.1, 0.15) is 5.84 Å². The van der Waals surface area contributed by atoms with E-state index >= 15 is 0 Å². The van der Waals surface area contributed by atoms with Crippen LogP contribution < -0.4 is 5.73 Å². The van der Waals surface area contributed by atoms with Crippen LogP contribution in [0.25, 0.3) is 6.08 Å². The van der Waals surface area contributed by atoms with Gasteiger partial charge in [-0.15, -0.1) is 0 Å². The van der Waals surface area contributed by atoms with E-state index in [1.807, 2.05) is 42.5 Å². The van der Waals surface area contributed by atoms with Gasteiger partial charge in [0, 0.05) is 0 Å². The maximum atomic E-state index is 5.53. The third-order valence-electron chi connectivity index (χ3n) is 1.77. The van der Waals surface area contributed by atoms with Crippen LogP contribution >= 0.6 is 34.8 Å². The Bertz CT molecular complexity index is 380. The number of hydrogen-bond acceptors (Lipinski definition) is 1. The molecule has 5 heteroatoms. The largest absolute Gasteiger partial charge is 0.384 e. The minimum Gasteiger partial charge on any atom is -0.384 e. The summed E-state index contributed by atoms with van der Waals surface area (Å²) in [5, 5.41) is 0. The third kappa shape index (κ3) is 4.88. The predicted molar refractivity (Wildman–Crippen MR) is 72.3 cm³/mol. The first kappa shape index (κ1) is 13.4. The molecule has 2 nitrogen and oxygen atoms in total. The molecule has 0 fully saturated rings. The number of halogens is 3. The number of nitrogens with two attached hydrogens (primary N) is 1. The topological polar surface area (TPSA) is 38.4 Å². The summed E-state index contributed by atoms with van der Waals surface area (Å²) in [4.78, 5) is 3.92. The molecule has 16 heavy (non-hydrogen) atoms. The lowest BCUT2D eigenvalue weighted by molar-refractivity contribution is 1.21. The lowest BCUT2D eigenvalue weighted by atomic mass is 10.2. The van der Waals surface area contributed by atoms with Gasteiger partial charge in [-0.05, 0) is 5.56 Å². The Labute approximate surface area is 110 Å². The Morgan fingerprint density at radius 1 is 1.25 bits per heavy atom. The Kier molecular flexibility index (Phi) is 5.13. The van der Waals surface area contributed by atoms with Gasteiger partial charge in [-0.1, -0.05) is 77.3 Å². The van der Waals surface area contributed by atoms with Crippen LogP contribution in [0.5, 0.6) is 0 Å². The second-order valence-electron chi connectivity index (χ2n) is 3.04. The summed E-state index contributed by atoms with van der Waals surface area (Å²) in [7, 11) is 0. The number of benzene rings is 1. The van der Waals surface area contributed by atoms with E-state index in [-0.39, 0.29) is 5.84 Å². The van der Waals surface area contributed by atoms with Crippen molar-refractivity contribution in [1.82, 2.24) is 0 Å². The van der Waals surface area contributed by atoms with Crippen LogP contribution in [-0.2, 0) is 0 Å². The molecule has 0 heterocycles. The van der Waals surface area contributed by atoms with E-state index in [4.69, 9.17) is 40.5 Å². The van der Waals surface area contributed by atoms with Crippen molar-refractivity contribution in [3.63, 3.8) is 0 Å². The lowest BCUT2D eigenvalue weighted by Gasteiger charge is -2.08. The standard InChI is InChI=1S/C11H11Cl3N2/c12-11(13,14)10(15)16-8-4-7-9-5-2-1-3-6-9/h1-7H,8H2,(H2,15,16). The van der Waals surface area contributed by atoms with Crippen molar-refractivity contribution in [2.24, 2.45) is 10.7 Å². The minimum absolute atomic E-state index is 0.00443. The molecule has 0 radical (unpaired) electrons. The maximum Gasteiger partial charge on any atom is 0.247 e. The van der Waals surface area contributed by atoms with Crippen molar-refractivity contribution in [2.75, 3.05) is 6.54 Å². The molecule has 2 N–H and O–H groups in total. The Hall–Kier alpha value is -0.700. The van der Waals surface area contributed by atoms with Gasteiger partial charge in [-0.25, -0.2) is 0 Å². The van der Waals surface area contributed by atoms with Crippen molar-refractivity contribution in [2.45, 2.75) is 3.79 Å². The second-order valence-corrected chi connectivity index (χ2v) is 5.32. The molecule has 0 spiro atoms. The van der Waals surface area contributed by atoms with E-state index in [0.29, 0.717) is 6.54 Å². The van der Waals surface area contributed by atoms with Crippen LogP contribution in [0.1, 0.15) is 5.56 Å². The summed E-state index contributed by atoms with van der Waals surface area (Å²) in [6, 6.07) is 9.84. The summed E-state index contributed by atoms with van der Waals surface area (Å²) >= 11 is 16.6. The molecule has 86 valence electrons. The van der Waals surface area contributed by atoms with E-state index in [0.717, 1.165) is 5.56 Å². The fourth-order valence-electron chi connectivity index (χ4n) is 0.994. The minimum atomic E-state index is -1.62. The molecule has 0 aliphatic heterocycles. The van der Waals surface area contributed by atoms with E-state index < -0.39 is 3.79 Å². The average molecular weight is 278 g/mol. The highest BCUT2D eigenvalue weighted by Crippen LogP contribution is 2.25. The first-order valence-electron chi connectivity index (χ1n) is 4.59. The lowest BCUT2D eigenvalue weighted by Crippen LogP contribution is -2.28. The molecule has 0 aliphatic rings. The quantitative estimate of drug-likeness (QED) is 0.513. The fourth-order valence-corrected chi connectivity index (χ4v) is 1.17. The van der Waals surface area contributed by atoms with Gasteiger partial charge in [0.05, 0.1) is 6.54 Å². The maximum absolute atomic E-state index is 5.53. The molecular weight excluding hydrogens is 266 g/mol. The summed E-state index contributed by atoms with van der Waals surface area (Å²) in [5.41, 5.74) is 6.54. The van der Waals surface area contributed by atoms with E-state index in [2.05, 4.69) is 4.99 Å². The SMILES string of the molecule is NC(=NCC=Cc1ccccc1)C(Cl)(Cl)Cl.